The van der Waals surface area contributed by atoms with Crippen molar-refractivity contribution >= 4 is 27.9 Å². The first-order valence-corrected chi connectivity index (χ1v) is 9.38. The highest BCUT2D eigenvalue weighted by molar-refractivity contribution is 7.15. The van der Waals surface area contributed by atoms with E-state index in [4.69, 9.17) is 0 Å². The minimum Gasteiger partial charge on any atom is -0.368 e. The zero-order valence-electron chi connectivity index (χ0n) is 14.3. The summed E-state index contributed by atoms with van der Waals surface area (Å²) in [5, 5.41) is 5.49. The number of benzene rings is 1. The number of hydrogen-bond acceptors (Lipinski definition) is 4. The van der Waals surface area contributed by atoms with Gasteiger partial charge in [-0.2, -0.15) is 0 Å². The Bertz CT molecular complexity index is 816. The molecular formula is C18H22N6S. The molecule has 0 unspecified atom stereocenters. The molecule has 0 radical (unpaired) electrons. The van der Waals surface area contributed by atoms with Crippen LogP contribution in [0.3, 0.4) is 0 Å². The topological polar surface area (TPSA) is 48.2 Å². The lowest BCUT2D eigenvalue weighted by Gasteiger charge is -2.37. The first-order chi connectivity index (χ1) is 12.3. The summed E-state index contributed by atoms with van der Waals surface area (Å²) in [6.07, 6.45) is 4.10. The van der Waals surface area contributed by atoms with Gasteiger partial charge >= 0.3 is 0 Å². The second-order valence-electron chi connectivity index (χ2n) is 6.04. The van der Waals surface area contributed by atoms with Crippen molar-refractivity contribution in [2.45, 2.75) is 6.54 Å². The van der Waals surface area contributed by atoms with Crippen molar-refractivity contribution < 1.29 is 0 Å². The van der Waals surface area contributed by atoms with Crippen LogP contribution in [0.25, 0.3) is 4.96 Å². The molecule has 0 atom stereocenters. The van der Waals surface area contributed by atoms with Gasteiger partial charge in [-0.15, -0.1) is 11.3 Å². The van der Waals surface area contributed by atoms with E-state index < -0.39 is 0 Å². The van der Waals surface area contributed by atoms with E-state index in [1.54, 1.807) is 11.3 Å². The number of guanidine groups is 1. The van der Waals surface area contributed by atoms with Crippen molar-refractivity contribution in [3.63, 3.8) is 0 Å². The Morgan fingerprint density at radius 3 is 2.72 bits per heavy atom. The molecule has 4 rings (SSSR count). The number of aromatic nitrogens is 2. The van der Waals surface area contributed by atoms with Crippen molar-refractivity contribution in [1.82, 2.24) is 19.6 Å². The predicted molar refractivity (Wildman–Crippen MR) is 103 cm³/mol. The van der Waals surface area contributed by atoms with Crippen LogP contribution in [-0.2, 0) is 6.54 Å². The van der Waals surface area contributed by atoms with Crippen LogP contribution in [0.15, 0.2) is 53.1 Å². The van der Waals surface area contributed by atoms with E-state index in [1.165, 1.54) is 5.69 Å². The second-order valence-corrected chi connectivity index (χ2v) is 6.91. The lowest BCUT2D eigenvalue weighted by Crippen LogP contribution is -2.52. The van der Waals surface area contributed by atoms with Gasteiger partial charge in [0, 0.05) is 56.7 Å². The molecule has 0 spiro atoms. The summed E-state index contributed by atoms with van der Waals surface area (Å²) in [6.45, 7) is 4.63. The predicted octanol–water partition coefficient (Wildman–Crippen LogP) is 2.29. The Morgan fingerprint density at radius 1 is 1.20 bits per heavy atom. The van der Waals surface area contributed by atoms with Crippen LogP contribution in [0.1, 0.15) is 5.69 Å². The summed E-state index contributed by atoms with van der Waals surface area (Å²) in [5.74, 6) is 0.948. The van der Waals surface area contributed by atoms with E-state index in [0.717, 1.165) is 42.8 Å². The highest BCUT2D eigenvalue weighted by Crippen LogP contribution is 2.16. The molecule has 3 aromatic rings. The Kier molecular flexibility index (Phi) is 4.56. The highest BCUT2D eigenvalue weighted by Gasteiger charge is 2.19. The summed E-state index contributed by atoms with van der Waals surface area (Å²) in [7, 11) is 1.84. The number of hydrogen-bond donors (Lipinski definition) is 1. The smallest absolute Gasteiger partial charge is 0.194 e. The number of para-hydroxylation sites is 1. The van der Waals surface area contributed by atoms with Gasteiger partial charge in [-0.25, -0.2) is 4.98 Å². The van der Waals surface area contributed by atoms with Crippen LogP contribution in [0.2, 0.25) is 0 Å². The molecule has 0 amide bonds. The molecule has 0 aliphatic carbocycles. The minimum absolute atomic E-state index is 0.694. The number of imidazole rings is 1. The zero-order valence-corrected chi connectivity index (χ0v) is 15.1. The summed E-state index contributed by atoms with van der Waals surface area (Å²) in [4.78, 5) is 14.8. The zero-order chi connectivity index (χ0) is 17.1. The lowest BCUT2D eigenvalue weighted by molar-refractivity contribution is 0.372. The van der Waals surface area contributed by atoms with Crippen molar-refractivity contribution in [2.24, 2.45) is 4.99 Å². The number of piperazine rings is 1. The monoisotopic (exact) mass is 354 g/mol. The molecule has 3 heterocycles. The largest absolute Gasteiger partial charge is 0.368 e. The van der Waals surface area contributed by atoms with Crippen LogP contribution < -0.4 is 10.2 Å². The number of nitrogens with one attached hydrogen (secondary N) is 1. The van der Waals surface area contributed by atoms with Crippen molar-refractivity contribution in [1.29, 1.82) is 0 Å². The first kappa shape index (κ1) is 16.0. The molecule has 1 aliphatic rings. The molecule has 1 aliphatic heterocycles. The molecule has 130 valence electrons. The molecule has 1 aromatic carbocycles. The maximum Gasteiger partial charge on any atom is 0.194 e. The first-order valence-electron chi connectivity index (χ1n) is 8.50. The summed E-state index contributed by atoms with van der Waals surface area (Å²) >= 11 is 1.65. The van der Waals surface area contributed by atoms with Crippen molar-refractivity contribution in [3.8, 4) is 0 Å². The van der Waals surface area contributed by atoms with Gasteiger partial charge in [0.25, 0.3) is 0 Å². The van der Waals surface area contributed by atoms with Gasteiger partial charge in [0.15, 0.2) is 10.9 Å². The summed E-state index contributed by atoms with van der Waals surface area (Å²) in [5.41, 5.74) is 2.33. The van der Waals surface area contributed by atoms with Crippen LogP contribution in [0.4, 0.5) is 5.69 Å². The molecule has 7 heteroatoms. The molecule has 1 N–H and O–H groups in total. The van der Waals surface area contributed by atoms with E-state index >= 15 is 0 Å². The average Bonchev–Trinajstić information content (AvgIpc) is 3.25. The Morgan fingerprint density at radius 2 is 2.00 bits per heavy atom. The van der Waals surface area contributed by atoms with Gasteiger partial charge in [-0.05, 0) is 12.1 Å². The van der Waals surface area contributed by atoms with E-state index in [1.807, 2.05) is 18.6 Å². The third-order valence-electron chi connectivity index (χ3n) is 4.48. The van der Waals surface area contributed by atoms with E-state index in [9.17, 15) is 0 Å². The number of aliphatic imine (C=N–C) groups is 1. The number of nitrogens with zero attached hydrogens (tertiary/aromatic N) is 5. The van der Waals surface area contributed by atoms with Crippen molar-refractivity contribution in [2.75, 3.05) is 38.1 Å². The van der Waals surface area contributed by atoms with E-state index in [2.05, 4.69) is 66.0 Å². The highest BCUT2D eigenvalue weighted by atomic mass is 32.1. The molecule has 25 heavy (non-hydrogen) atoms. The molecule has 1 fully saturated rings. The average molecular weight is 354 g/mol. The molecule has 0 bridgehead atoms. The Hall–Kier alpha value is -2.54. The van der Waals surface area contributed by atoms with Gasteiger partial charge in [-0.1, -0.05) is 18.2 Å². The van der Waals surface area contributed by atoms with Gasteiger partial charge < -0.3 is 15.1 Å². The third-order valence-corrected chi connectivity index (χ3v) is 5.25. The molecule has 0 saturated carbocycles. The van der Waals surface area contributed by atoms with E-state index in [-0.39, 0.29) is 0 Å². The fraction of sp³-hybridized carbons (Fsp3) is 0.333. The number of anilines is 1. The standard InChI is InChI=1S/C18H22N6S/c1-19-17(20-13-15-14-24-11-12-25-18(24)21-15)23-9-7-22(8-10-23)16-5-3-2-4-6-16/h2-6,11-12,14H,7-10,13H2,1H3,(H,19,20). The Labute approximate surface area is 151 Å². The normalized spacial score (nSPS) is 15.8. The van der Waals surface area contributed by atoms with Gasteiger partial charge in [-0.3, -0.25) is 9.39 Å². The second kappa shape index (κ2) is 7.14. The fourth-order valence-electron chi connectivity index (χ4n) is 3.18. The maximum atomic E-state index is 4.61. The van der Waals surface area contributed by atoms with E-state index in [0.29, 0.717) is 6.54 Å². The lowest BCUT2D eigenvalue weighted by atomic mass is 10.2. The number of rotatable bonds is 3. The molecule has 1 saturated heterocycles. The quantitative estimate of drug-likeness (QED) is 0.579. The minimum atomic E-state index is 0.694. The van der Waals surface area contributed by atoms with Gasteiger partial charge in [0.2, 0.25) is 0 Å². The SMILES string of the molecule is CN=C(NCc1cn2ccsc2n1)N1CCN(c2ccccc2)CC1. The summed E-state index contributed by atoms with van der Waals surface area (Å²) < 4.78 is 2.06. The molecule has 2 aromatic heterocycles. The summed E-state index contributed by atoms with van der Waals surface area (Å²) in [6, 6.07) is 10.6. The number of thiazole rings is 1. The fourth-order valence-corrected chi connectivity index (χ4v) is 3.90. The van der Waals surface area contributed by atoms with Crippen molar-refractivity contribution in [3.05, 3.63) is 53.8 Å². The van der Waals surface area contributed by atoms with Crippen LogP contribution in [-0.4, -0.2) is 53.5 Å². The van der Waals surface area contributed by atoms with Gasteiger partial charge in [0.05, 0.1) is 12.2 Å². The van der Waals surface area contributed by atoms with Gasteiger partial charge in [0.1, 0.15) is 0 Å². The maximum absolute atomic E-state index is 4.61. The van der Waals surface area contributed by atoms with Crippen LogP contribution >= 0.6 is 11.3 Å². The third kappa shape index (κ3) is 3.46. The molecule has 6 nitrogen and oxygen atoms in total. The molecular weight excluding hydrogens is 332 g/mol. The Balaban J connectivity index is 1.33. The number of fused-ring (bicyclic) bond motifs is 1. The van der Waals surface area contributed by atoms with Crippen LogP contribution in [0, 0.1) is 0 Å². The van der Waals surface area contributed by atoms with Crippen LogP contribution in [0.5, 0.6) is 0 Å².